The zero-order chi connectivity index (χ0) is 19.0. The number of nitrogens with two attached hydrogens (primary N) is 1. The normalized spacial score (nSPS) is 16.4. The van der Waals surface area contributed by atoms with Gasteiger partial charge in [-0.25, -0.2) is 9.59 Å². The Hall–Kier alpha value is -2.04. The SMILES string of the molecule is CCCCOC(=O)N1CCN(C(=O)[C@@H](N)COC(=O)C(F)(F)F)CC1. The highest BCUT2D eigenvalue weighted by atomic mass is 19.4. The number of alkyl halides is 3. The van der Waals surface area contributed by atoms with E-state index in [1.54, 1.807) is 0 Å². The quantitative estimate of drug-likeness (QED) is 0.540. The molecule has 1 fully saturated rings. The summed E-state index contributed by atoms with van der Waals surface area (Å²) in [6.07, 6.45) is -3.95. The van der Waals surface area contributed by atoms with Crippen LogP contribution in [0.25, 0.3) is 0 Å². The van der Waals surface area contributed by atoms with Crippen LogP contribution in [0.3, 0.4) is 0 Å². The first-order valence-electron chi connectivity index (χ1n) is 7.86. The van der Waals surface area contributed by atoms with E-state index in [1.165, 1.54) is 9.80 Å². The standard InChI is InChI=1S/C14H22F3N3O5/c1-2-3-8-24-13(23)20-6-4-19(5-7-20)11(21)10(18)9-25-12(22)14(15,16)17/h10H,2-9,18H2,1H3/t10-/m0/s1. The number of nitrogens with zero attached hydrogens (tertiary/aromatic N) is 2. The van der Waals surface area contributed by atoms with E-state index in [9.17, 15) is 27.6 Å². The van der Waals surface area contributed by atoms with E-state index in [0.29, 0.717) is 6.61 Å². The largest absolute Gasteiger partial charge is 0.490 e. The van der Waals surface area contributed by atoms with Crippen LogP contribution >= 0.6 is 0 Å². The average molecular weight is 369 g/mol. The fraction of sp³-hybridized carbons (Fsp3) is 0.786. The van der Waals surface area contributed by atoms with E-state index >= 15 is 0 Å². The number of piperazine rings is 1. The number of halogens is 3. The van der Waals surface area contributed by atoms with Crippen molar-refractivity contribution in [3.05, 3.63) is 0 Å². The third-order valence-corrected chi connectivity index (χ3v) is 3.52. The molecule has 1 aliphatic heterocycles. The highest BCUT2D eigenvalue weighted by Gasteiger charge is 2.41. The smallest absolute Gasteiger partial charge is 0.457 e. The Labute approximate surface area is 143 Å². The summed E-state index contributed by atoms with van der Waals surface area (Å²) in [5.74, 6) is -3.04. The number of carbonyl (C=O) groups excluding carboxylic acids is 3. The van der Waals surface area contributed by atoms with Crippen molar-refractivity contribution >= 4 is 18.0 Å². The van der Waals surface area contributed by atoms with Gasteiger partial charge >= 0.3 is 18.2 Å². The van der Waals surface area contributed by atoms with Crippen molar-refractivity contribution in [1.29, 1.82) is 0 Å². The third kappa shape index (κ3) is 6.77. The molecular weight excluding hydrogens is 347 g/mol. The first-order chi connectivity index (χ1) is 11.7. The van der Waals surface area contributed by atoms with Gasteiger partial charge in [0.1, 0.15) is 12.6 Å². The summed E-state index contributed by atoms with van der Waals surface area (Å²) in [5.41, 5.74) is 5.47. The van der Waals surface area contributed by atoms with Crippen LogP contribution in [-0.4, -0.2) is 79.4 Å². The molecule has 0 aromatic heterocycles. The predicted octanol–water partition coefficient (Wildman–Crippen LogP) is 0.500. The Kier molecular flexibility index (Phi) is 7.94. The second kappa shape index (κ2) is 9.44. The molecule has 1 heterocycles. The summed E-state index contributed by atoms with van der Waals surface area (Å²) in [6, 6.07) is -1.39. The number of ether oxygens (including phenoxy) is 2. The van der Waals surface area contributed by atoms with Crippen LogP contribution in [0.15, 0.2) is 0 Å². The van der Waals surface area contributed by atoms with Gasteiger partial charge in [-0.3, -0.25) is 4.79 Å². The summed E-state index contributed by atoms with van der Waals surface area (Å²) in [5, 5.41) is 0. The van der Waals surface area contributed by atoms with Crippen LogP contribution in [0.5, 0.6) is 0 Å². The maximum atomic E-state index is 12.0. The van der Waals surface area contributed by atoms with Crippen LogP contribution in [0.4, 0.5) is 18.0 Å². The Morgan fingerprint density at radius 1 is 1.08 bits per heavy atom. The van der Waals surface area contributed by atoms with Crippen molar-refractivity contribution in [2.24, 2.45) is 5.73 Å². The zero-order valence-electron chi connectivity index (χ0n) is 13.9. The molecule has 2 N–H and O–H groups in total. The molecule has 1 saturated heterocycles. The van der Waals surface area contributed by atoms with E-state index in [-0.39, 0.29) is 26.2 Å². The molecule has 1 rings (SSSR count). The first kappa shape index (κ1) is 21.0. The molecule has 144 valence electrons. The maximum absolute atomic E-state index is 12.0. The molecule has 0 aliphatic carbocycles. The maximum Gasteiger partial charge on any atom is 0.490 e. The van der Waals surface area contributed by atoms with Gasteiger partial charge in [0, 0.05) is 26.2 Å². The molecule has 0 radical (unpaired) electrons. The van der Waals surface area contributed by atoms with E-state index in [4.69, 9.17) is 10.5 Å². The van der Waals surface area contributed by atoms with Crippen LogP contribution < -0.4 is 5.73 Å². The second-order valence-electron chi connectivity index (χ2n) is 5.48. The van der Waals surface area contributed by atoms with Gasteiger partial charge in [-0.2, -0.15) is 13.2 Å². The Balaban J connectivity index is 2.37. The minimum absolute atomic E-state index is 0.169. The molecule has 25 heavy (non-hydrogen) atoms. The molecule has 8 nitrogen and oxygen atoms in total. The van der Waals surface area contributed by atoms with Crippen molar-refractivity contribution < 1.29 is 37.0 Å². The molecule has 0 spiro atoms. The van der Waals surface area contributed by atoms with Crippen molar-refractivity contribution in [3.63, 3.8) is 0 Å². The minimum atomic E-state index is -5.13. The monoisotopic (exact) mass is 369 g/mol. The van der Waals surface area contributed by atoms with E-state index in [2.05, 4.69) is 4.74 Å². The molecule has 0 saturated carbocycles. The highest BCUT2D eigenvalue weighted by molar-refractivity contribution is 5.83. The first-order valence-corrected chi connectivity index (χ1v) is 7.86. The molecule has 1 atom stereocenters. The second-order valence-corrected chi connectivity index (χ2v) is 5.48. The van der Waals surface area contributed by atoms with Crippen molar-refractivity contribution in [1.82, 2.24) is 9.80 Å². The van der Waals surface area contributed by atoms with Crippen LogP contribution in [0.1, 0.15) is 19.8 Å². The summed E-state index contributed by atoms with van der Waals surface area (Å²) >= 11 is 0. The molecule has 2 amide bonds. The number of amides is 2. The molecule has 0 unspecified atom stereocenters. The molecule has 11 heteroatoms. The van der Waals surface area contributed by atoms with E-state index in [0.717, 1.165) is 12.8 Å². The van der Waals surface area contributed by atoms with Crippen LogP contribution in [0, 0.1) is 0 Å². The summed E-state index contributed by atoms with van der Waals surface area (Å²) in [7, 11) is 0. The zero-order valence-corrected chi connectivity index (χ0v) is 13.9. The van der Waals surface area contributed by atoms with E-state index < -0.39 is 36.8 Å². The Bertz CT molecular complexity index is 479. The highest BCUT2D eigenvalue weighted by Crippen LogP contribution is 2.16. The van der Waals surface area contributed by atoms with Gasteiger partial charge in [-0.05, 0) is 6.42 Å². The molecule has 1 aliphatic rings. The topological polar surface area (TPSA) is 102 Å². The number of carbonyl (C=O) groups is 3. The lowest BCUT2D eigenvalue weighted by Gasteiger charge is -2.35. The Morgan fingerprint density at radius 3 is 2.16 bits per heavy atom. The van der Waals surface area contributed by atoms with Crippen molar-refractivity contribution in [2.45, 2.75) is 32.0 Å². The number of hydrogen-bond donors (Lipinski definition) is 1. The Morgan fingerprint density at radius 2 is 1.64 bits per heavy atom. The van der Waals surface area contributed by atoms with Gasteiger partial charge in [0.2, 0.25) is 5.91 Å². The van der Waals surface area contributed by atoms with E-state index in [1.807, 2.05) is 6.92 Å². The number of hydrogen-bond acceptors (Lipinski definition) is 6. The van der Waals surface area contributed by atoms with Gasteiger partial charge in [-0.1, -0.05) is 13.3 Å². The van der Waals surface area contributed by atoms with Gasteiger partial charge < -0.3 is 25.0 Å². The molecular formula is C14H22F3N3O5. The summed E-state index contributed by atoms with van der Waals surface area (Å²) in [4.78, 5) is 37.2. The van der Waals surface area contributed by atoms with Crippen molar-refractivity contribution in [2.75, 3.05) is 39.4 Å². The number of esters is 1. The van der Waals surface area contributed by atoms with Crippen LogP contribution in [-0.2, 0) is 19.1 Å². The fourth-order valence-corrected chi connectivity index (χ4v) is 2.06. The number of rotatable bonds is 6. The van der Waals surface area contributed by atoms with Crippen molar-refractivity contribution in [3.8, 4) is 0 Å². The van der Waals surface area contributed by atoms with Gasteiger partial charge in [-0.15, -0.1) is 0 Å². The summed E-state index contributed by atoms with van der Waals surface area (Å²) < 4.78 is 45.1. The lowest BCUT2D eigenvalue weighted by molar-refractivity contribution is -0.200. The average Bonchev–Trinajstić information content (AvgIpc) is 2.58. The summed E-state index contributed by atoms with van der Waals surface area (Å²) in [6.45, 7) is 2.22. The lowest BCUT2D eigenvalue weighted by Crippen LogP contribution is -2.55. The fourth-order valence-electron chi connectivity index (χ4n) is 2.06. The van der Waals surface area contributed by atoms with Gasteiger partial charge in [0.15, 0.2) is 0 Å². The molecule has 0 aromatic rings. The molecule has 0 bridgehead atoms. The minimum Gasteiger partial charge on any atom is -0.457 e. The van der Waals surface area contributed by atoms with Crippen LogP contribution in [0.2, 0.25) is 0 Å². The van der Waals surface area contributed by atoms with Gasteiger partial charge in [0.25, 0.3) is 0 Å². The van der Waals surface area contributed by atoms with Gasteiger partial charge in [0.05, 0.1) is 6.61 Å². The third-order valence-electron chi connectivity index (χ3n) is 3.52. The number of unbranched alkanes of at least 4 members (excludes halogenated alkanes) is 1. The predicted molar refractivity (Wildman–Crippen MR) is 79.4 cm³/mol. The molecule has 0 aromatic carbocycles. The lowest BCUT2D eigenvalue weighted by atomic mass is 10.2.